The third-order valence-corrected chi connectivity index (χ3v) is 6.72. The lowest BCUT2D eigenvalue weighted by Crippen LogP contribution is -2.43. The molecule has 0 aromatic carbocycles. The molecule has 0 unspecified atom stereocenters. The highest BCUT2D eigenvalue weighted by atomic mass is 16.6. The zero-order valence-electron chi connectivity index (χ0n) is 19.2. The van der Waals surface area contributed by atoms with Crippen molar-refractivity contribution in [2.45, 2.75) is 50.4 Å². The van der Waals surface area contributed by atoms with Gasteiger partial charge in [0.15, 0.2) is 5.65 Å². The second-order valence-electron chi connectivity index (χ2n) is 9.63. The van der Waals surface area contributed by atoms with E-state index in [1.54, 1.807) is 10.7 Å². The average molecular weight is 464 g/mol. The van der Waals surface area contributed by atoms with Crippen molar-refractivity contribution in [1.82, 2.24) is 30.2 Å². The number of hydrogen-bond acceptors (Lipinski definition) is 8. The Morgan fingerprint density at radius 2 is 2.18 bits per heavy atom. The molecule has 3 fully saturated rings. The van der Waals surface area contributed by atoms with Gasteiger partial charge >= 0.3 is 6.09 Å². The van der Waals surface area contributed by atoms with Crippen LogP contribution >= 0.6 is 0 Å². The van der Waals surface area contributed by atoms with Crippen LogP contribution < -0.4 is 20.3 Å². The fourth-order valence-corrected chi connectivity index (χ4v) is 4.65. The van der Waals surface area contributed by atoms with Gasteiger partial charge in [-0.2, -0.15) is 5.10 Å². The summed E-state index contributed by atoms with van der Waals surface area (Å²) in [5, 5.41) is 10.8. The molecule has 34 heavy (non-hydrogen) atoms. The first-order valence-electron chi connectivity index (χ1n) is 12.0. The van der Waals surface area contributed by atoms with Crippen LogP contribution in [0.25, 0.3) is 16.8 Å². The SMILES string of the molecule is C[C@@]1(OC(=O)N[C@@H]2CCN(c3ccn4ncc(-c5cccnc5OC5CC5)c4n3)C2)CCNC1. The zero-order chi connectivity index (χ0) is 23.1. The first-order chi connectivity index (χ1) is 16.6. The summed E-state index contributed by atoms with van der Waals surface area (Å²) in [7, 11) is 0. The highest BCUT2D eigenvalue weighted by Crippen LogP contribution is 2.35. The van der Waals surface area contributed by atoms with Crippen molar-refractivity contribution in [3.8, 4) is 17.0 Å². The highest BCUT2D eigenvalue weighted by Gasteiger charge is 2.34. The van der Waals surface area contributed by atoms with E-state index in [9.17, 15) is 4.79 Å². The van der Waals surface area contributed by atoms with Crippen LogP contribution in [-0.4, -0.2) is 69.6 Å². The summed E-state index contributed by atoms with van der Waals surface area (Å²) in [6.45, 7) is 5.02. The third-order valence-electron chi connectivity index (χ3n) is 6.72. The number of hydrogen-bond donors (Lipinski definition) is 2. The van der Waals surface area contributed by atoms with Crippen molar-refractivity contribution < 1.29 is 14.3 Å². The Labute approximate surface area is 197 Å². The Hall–Kier alpha value is -3.40. The van der Waals surface area contributed by atoms with Crippen LogP contribution in [0.3, 0.4) is 0 Å². The number of fused-ring (bicyclic) bond motifs is 1. The molecule has 2 N–H and O–H groups in total. The van der Waals surface area contributed by atoms with Crippen molar-refractivity contribution >= 4 is 17.6 Å². The maximum absolute atomic E-state index is 12.4. The monoisotopic (exact) mass is 463 g/mol. The number of ether oxygens (including phenoxy) is 2. The van der Waals surface area contributed by atoms with Gasteiger partial charge in [-0.05, 0) is 50.9 Å². The Balaban J connectivity index is 1.18. The van der Waals surface area contributed by atoms with Gasteiger partial charge in [-0.1, -0.05) is 0 Å². The van der Waals surface area contributed by atoms with Crippen LogP contribution in [0.4, 0.5) is 10.6 Å². The number of rotatable bonds is 6. The van der Waals surface area contributed by atoms with E-state index in [4.69, 9.17) is 14.5 Å². The summed E-state index contributed by atoms with van der Waals surface area (Å²) in [6, 6.07) is 5.88. The predicted octanol–water partition coefficient (Wildman–Crippen LogP) is 2.39. The Morgan fingerprint density at radius 1 is 1.26 bits per heavy atom. The second kappa shape index (κ2) is 8.43. The molecule has 3 aromatic rings. The van der Waals surface area contributed by atoms with Gasteiger partial charge in [-0.25, -0.2) is 19.3 Å². The van der Waals surface area contributed by atoms with E-state index in [0.717, 1.165) is 61.4 Å². The Bertz CT molecular complexity index is 1200. The largest absolute Gasteiger partial charge is 0.474 e. The maximum atomic E-state index is 12.4. The molecule has 0 spiro atoms. The quantitative estimate of drug-likeness (QED) is 0.574. The summed E-state index contributed by atoms with van der Waals surface area (Å²) in [5.41, 5.74) is 2.11. The molecule has 5 heterocycles. The molecule has 6 rings (SSSR count). The fourth-order valence-electron chi connectivity index (χ4n) is 4.65. The highest BCUT2D eigenvalue weighted by molar-refractivity contribution is 5.80. The molecule has 2 aliphatic heterocycles. The van der Waals surface area contributed by atoms with Crippen molar-refractivity contribution in [2.24, 2.45) is 0 Å². The fraction of sp³-hybridized carbons (Fsp3) is 0.500. The van der Waals surface area contributed by atoms with Crippen LogP contribution in [0.2, 0.25) is 0 Å². The molecule has 3 aliphatic rings. The van der Waals surface area contributed by atoms with E-state index in [1.165, 1.54) is 0 Å². The second-order valence-corrected chi connectivity index (χ2v) is 9.63. The van der Waals surface area contributed by atoms with Gasteiger partial charge < -0.3 is 25.0 Å². The molecular weight excluding hydrogens is 434 g/mol. The van der Waals surface area contributed by atoms with Gasteiger partial charge in [-0.15, -0.1) is 0 Å². The van der Waals surface area contributed by atoms with Crippen molar-refractivity contribution in [3.05, 3.63) is 36.8 Å². The van der Waals surface area contributed by atoms with E-state index in [1.807, 2.05) is 37.5 Å². The summed E-state index contributed by atoms with van der Waals surface area (Å²) in [4.78, 5) is 24.0. The van der Waals surface area contributed by atoms with Gasteiger partial charge in [0.05, 0.1) is 17.8 Å². The van der Waals surface area contributed by atoms with Crippen molar-refractivity contribution in [1.29, 1.82) is 0 Å². The van der Waals surface area contributed by atoms with Crippen LogP contribution in [0, 0.1) is 0 Å². The van der Waals surface area contributed by atoms with Gasteiger partial charge in [0, 0.05) is 44.0 Å². The normalized spacial score (nSPS) is 24.5. The van der Waals surface area contributed by atoms with Crippen LogP contribution in [0.5, 0.6) is 5.88 Å². The first-order valence-corrected chi connectivity index (χ1v) is 12.0. The molecule has 0 radical (unpaired) electrons. The molecule has 3 aromatic heterocycles. The number of nitrogens with one attached hydrogen (secondary N) is 2. The van der Waals surface area contributed by atoms with Crippen molar-refractivity contribution in [2.75, 3.05) is 31.1 Å². The number of pyridine rings is 1. The number of aromatic nitrogens is 4. The molecule has 2 atom stereocenters. The van der Waals surface area contributed by atoms with Crippen LogP contribution in [-0.2, 0) is 4.74 Å². The Morgan fingerprint density at radius 3 is 3.00 bits per heavy atom. The third kappa shape index (κ3) is 4.25. The molecule has 0 bridgehead atoms. The minimum absolute atomic E-state index is 0.0183. The minimum atomic E-state index is -0.429. The van der Waals surface area contributed by atoms with E-state index in [0.29, 0.717) is 19.0 Å². The van der Waals surface area contributed by atoms with E-state index in [-0.39, 0.29) is 18.2 Å². The smallest absolute Gasteiger partial charge is 0.408 e. The molecular formula is C24H29N7O3. The number of carbonyl (C=O) groups is 1. The lowest BCUT2D eigenvalue weighted by atomic mass is 10.1. The zero-order valence-corrected chi connectivity index (χ0v) is 19.2. The number of carbonyl (C=O) groups excluding carboxylic acids is 1. The standard InChI is InChI=1S/C24H29N7O3/c1-24(8-10-25-15-24)34-23(32)28-16-6-11-30(14-16)20-7-12-31-21(29-20)19(13-27-31)18-3-2-9-26-22(18)33-17-4-5-17/h2-3,7,9,12-13,16-17,25H,4-6,8,10-11,14-15H2,1H3,(H,28,32)/t16-,24-/m1/s1. The van der Waals surface area contributed by atoms with Gasteiger partial charge in [0.1, 0.15) is 17.5 Å². The Kier molecular flexibility index (Phi) is 5.24. The minimum Gasteiger partial charge on any atom is -0.474 e. The summed E-state index contributed by atoms with van der Waals surface area (Å²) in [5.74, 6) is 1.48. The van der Waals surface area contributed by atoms with Crippen LogP contribution in [0.1, 0.15) is 32.6 Å². The summed E-state index contributed by atoms with van der Waals surface area (Å²) in [6.07, 6.45) is 9.20. The van der Waals surface area contributed by atoms with E-state index >= 15 is 0 Å². The van der Waals surface area contributed by atoms with Crippen molar-refractivity contribution in [3.63, 3.8) is 0 Å². The number of anilines is 1. The average Bonchev–Trinajstić information content (AvgIpc) is 3.19. The lowest BCUT2D eigenvalue weighted by Gasteiger charge is -2.24. The first kappa shape index (κ1) is 21.2. The summed E-state index contributed by atoms with van der Waals surface area (Å²) < 4.78 is 13.5. The van der Waals surface area contributed by atoms with Gasteiger partial charge in [0.25, 0.3) is 0 Å². The lowest BCUT2D eigenvalue weighted by molar-refractivity contribution is 0.0383. The topological polar surface area (TPSA) is 106 Å². The predicted molar refractivity (Wildman–Crippen MR) is 126 cm³/mol. The van der Waals surface area contributed by atoms with Gasteiger partial charge in [0.2, 0.25) is 5.88 Å². The molecule has 1 amide bonds. The summed E-state index contributed by atoms with van der Waals surface area (Å²) >= 11 is 0. The number of alkyl carbamates (subject to hydrolysis) is 1. The molecule has 1 saturated carbocycles. The number of nitrogens with zero attached hydrogens (tertiary/aromatic N) is 5. The van der Waals surface area contributed by atoms with E-state index < -0.39 is 5.60 Å². The molecule has 10 nitrogen and oxygen atoms in total. The van der Waals surface area contributed by atoms with E-state index in [2.05, 4.69) is 25.6 Å². The molecule has 178 valence electrons. The van der Waals surface area contributed by atoms with Crippen LogP contribution in [0.15, 0.2) is 36.8 Å². The number of amides is 1. The molecule has 2 saturated heterocycles. The van der Waals surface area contributed by atoms with Gasteiger partial charge in [-0.3, -0.25) is 0 Å². The molecule has 10 heteroatoms. The maximum Gasteiger partial charge on any atom is 0.408 e. The molecule has 1 aliphatic carbocycles.